The van der Waals surface area contributed by atoms with E-state index in [9.17, 15) is 0 Å². The maximum atomic E-state index is 5.55. The van der Waals surface area contributed by atoms with Crippen LogP contribution in [0.4, 0.5) is 0 Å². The lowest BCUT2D eigenvalue weighted by Gasteiger charge is -2.12. The molecule has 1 heterocycles. The predicted octanol–water partition coefficient (Wildman–Crippen LogP) is 3.09. The van der Waals surface area contributed by atoms with E-state index < -0.39 is 0 Å². The minimum absolute atomic E-state index is 0.202. The number of nitrogens with two attached hydrogens (primary N) is 1. The third-order valence-corrected chi connectivity index (χ3v) is 3.39. The molecule has 0 aromatic carbocycles. The van der Waals surface area contributed by atoms with Gasteiger partial charge >= 0.3 is 0 Å². The number of nitrogens with one attached hydrogen (secondary N) is 1. The summed E-state index contributed by atoms with van der Waals surface area (Å²) in [5.74, 6) is 5.55. The number of rotatable bonds is 8. The molecule has 0 radical (unpaired) electrons. The fourth-order valence-electron chi connectivity index (χ4n) is 1.67. The predicted molar refractivity (Wildman–Crippen MR) is 70.2 cm³/mol. The SMILES string of the molecule is C=CCCCCCC(NN)c1csc(C)n1. The van der Waals surface area contributed by atoms with Crippen molar-refractivity contribution in [2.75, 3.05) is 0 Å². The zero-order valence-corrected chi connectivity index (χ0v) is 10.7. The summed E-state index contributed by atoms with van der Waals surface area (Å²) < 4.78 is 0. The van der Waals surface area contributed by atoms with Crippen molar-refractivity contribution in [1.29, 1.82) is 0 Å². The van der Waals surface area contributed by atoms with Crippen LogP contribution >= 0.6 is 11.3 Å². The Labute approximate surface area is 102 Å². The number of hydrazine groups is 1. The molecule has 0 bridgehead atoms. The first-order valence-electron chi connectivity index (χ1n) is 5.77. The first kappa shape index (κ1) is 13.4. The van der Waals surface area contributed by atoms with Crippen molar-refractivity contribution in [1.82, 2.24) is 10.4 Å². The van der Waals surface area contributed by atoms with Crippen molar-refractivity contribution in [3.8, 4) is 0 Å². The van der Waals surface area contributed by atoms with E-state index in [1.54, 1.807) is 11.3 Å². The molecule has 0 fully saturated rings. The maximum Gasteiger partial charge on any atom is 0.0898 e. The van der Waals surface area contributed by atoms with Crippen LogP contribution in [-0.4, -0.2) is 4.98 Å². The average Bonchev–Trinajstić information content (AvgIpc) is 2.70. The van der Waals surface area contributed by atoms with E-state index in [0.29, 0.717) is 0 Å². The van der Waals surface area contributed by atoms with Gasteiger partial charge in [-0.1, -0.05) is 18.9 Å². The van der Waals surface area contributed by atoms with Crippen molar-refractivity contribution in [2.45, 2.75) is 45.1 Å². The first-order chi connectivity index (χ1) is 7.77. The van der Waals surface area contributed by atoms with E-state index in [2.05, 4.69) is 22.4 Å². The third kappa shape index (κ3) is 4.43. The molecule has 0 saturated carbocycles. The zero-order chi connectivity index (χ0) is 11.8. The van der Waals surface area contributed by atoms with E-state index in [1.807, 2.05) is 13.0 Å². The van der Waals surface area contributed by atoms with Crippen LogP contribution in [0.2, 0.25) is 0 Å². The van der Waals surface area contributed by atoms with Crippen LogP contribution in [0.1, 0.15) is 48.8 Å². The van der Waals surface area contributed by atoms with Gasteiger partial charge in [-0.3, -0.25) is 11.3 Å². The van der Waals surface area contributed by atoms with Crippen LogP contribution in [0.3, 0.4) is 0 Å². The fourth-order valence-corrected chi connectivity index (χ4v) is 2.34. The summed E-state index contributed by atoms with van der Waals surface area (Å²) in [6.07, 6.45) is 7.76. The summed E-state index contributed by atoms with van der Waals surface area (Å²) in [7, 11) is 0. The summed E-state index contributed by atoms with van der Waals surface area (Å²) in [6, 6.07) is 0.202. The van der Waals surface area contributed by atoms with Gasteiger partial charge in [0.25, 0.3) is 0 Å². The van der Waals surface area contributed by atoms with E-state index >= 15 is 0 Å². The summed E-state index contributed by atoms with van der Waals surface area (Å²) >= 11 is 1.68. The number of aromatic nitrogens is 1. The normalized spacial score (nSPS) is 12.6. The number of unbranched alkanes of at least 4 members (excludes halogenated alkanes) is 3. The Hall–Kier alpha value is -0.710. The highest BCUT2D eigenvalue weighted by Crippen LogP contribution is 2.21. The van der Waals surface area contributed by atoms with Crippen LogP contribution in [0, 0.1) is 6.92 Å². The van der Waals surface area contributed by atoms with Gasteiger partial charge in [0.1, 0.15) is 0 Å². The Morgan fingerprint density at radius 1 is 1.56 bits per heavy atom. The van der Waals surface area contributed by atoms with Crippen LogP contribution in [0.25, 0.3) is 0 Å². The van der Waals surface area contributed by atoms with E-state index in [1.165, 1.54) is 19.3 Å². The molecule has 0 aliphatic rings. The highest BCUT2D eigenvalue weighted by molar-refractivity contribution is 7.09. The molecular formula is C12H21N3S. The maximum absolute atomic E-state index is 5.55. The van der Waals surface area contributed by atoms with Gasteiger partial charge in [0.2, 0.25) is 0 Å². The molecule has 1 atom stereocenters. The lowest BCUT2D eigenvalue weighted by molar-refractivity contribution is 0.476. The summed E-state index contributed by atoms with van der Waals surface area (Å²) in [5, 5.41) is 3.19. The molecule has 0 aliphatic heterocycles. The Bertz CT molecular complexity index is 309. The van der Waals surface area contributed by atoms with Crippen molar-refractivity contribution in [3.05, 3.63) is 28.7 Å². The smallest absolute Gasteiger partial charge is 0.0898 e. The van der Waals surface area contributed by atoms with Crippen LogP contribution in [0.15, 0.2) is 18.0 Å². The van der Waals surface area contributed by atoms with Gasteiger partial charge in [-0.25, -0.2) is 4.98 Å². The molecule has 4 heteroatoms. The molecule has 0 aliphatic carbocycles. The first-order valence-corrected chi connectivity index (χ1v) is 6.65. The highest BCUT2D eigenvalue weighted by atomic mass is 32.1. The highest BCUT2D eigenvalue weighted by Gasteiger charge is 2.11. The lowest BCUT2D eigenvalue weighted by atomic mass is 10.1. The second-order valence-electron chi connectivity index (χ2n) is 3.94. The second kappa shape index (κ2) is 7.54. The van der Waals surface area contributed by atoms with Gasteiger partial charge in [-0.15, -0.1) is 17.9 Å². The summed E-state index contributed by atoms with van der Waals surface area (Å²) in [5.41, 5.74) is 3.92. The summed E-state index contributed by atoms with van der Waals surface area (Å²) in [6.45, 7) is 5.74. The molecule has 3 nitrogen and oxygen atoms in total. The summed E-state index contributed by atoms with van der Waals surface area (Å²) in [4.78, 5) is 4.46. The molecule has 3 N–H and O–H groups in total. The van der Waals surface area contributed by atoms with Crippen molar-refractivity contribution >= 4 is 11.3 Å². The standard InChI is InChI=1S/C12H21N3S/c1-3-4-5-6-7-8-11(15-13)12-9-16-10(2)14-12/h3,9,11,15H,1,4-8,13H2,2H3. The van der Waals surface area contributed by atoms with E-state index in [4.69, 9.17) is 5.84 Å². The number of aryl methyl sites for hydroxylation is 1. The minimum Gasteiger partial charge on any atom is -0.271 e. The number of hydrogen-bond acceptors (Lipinski definition) is 4. The molecule has 90 valence electrons. The Balaban J connectivity index is 2.29. The largest absolute Gasteiger partial charge is 0.271 e. The van der Waals surface area contributed by atoms with Crippen molar-refractivity contribution < 1.29 is 0 Å². The van der Waals surface area contributed by atoms with Crippen LogP contribution < -0.4 is 11.3 Å². The number of allylic oxidation sites excluding steroid dienone is 1. The molecule has 0 amide bonds. The fraction of sp³-hybridized carbons (Fsp3) is 0.583. The monoisotopic (exact) mass is 239 g/mol. The zero-order valence-electron chi connectivity index (χ0n) is 9.91. The lowest BCUT2D eigenvalue weighted by Crippen LogP contribution is -2.28. The molecule has 0 spiro atoms. The van der Waals surface area contributed by atoms with E-state index in [-0.39, 0.29) is 6.04 Å². The molecular weight excluding hydrogens is 218 g/mol. The average molecular weight is 239 g/mol. The topological polar surface area (TPSA) is 50.9 Å². The second-order valence-corrected chi connectivity index (χ2v) is 5.00. The van der Waals surface area contributed by atoms with Gasteiger partial charge in [-0.2, -0.15) is 0 Å². The van der Waals surface area contributed by atoms with Gasteiger partial charge in [-0.05, 0) is 26.2 Å². The number of nitrogens with zero attached hydrogens (tertiary/aromatic N) is 1. The molecule has 1 aromatic heterocycles. The van der Waals surface area contributed by atoms with Gasteiger partial charge in [0.05, 0.1) is 16.7 Å². The van der Waals surface area contributed by atoms with Crippen LogP contribution in [-0.2, 0) is 0 Å². The Kier molecular flexibility index (Phi) is 6.30. The Morgan fingerprint density at radius 3 is 2.94 bits per heavy atom. The van der Waals surface area contributed by atoms with E-state index in [0.717, 1.165) is 23.5 Å². The van der Waals surface area contributed by atoms with Crippen LogP contribution in [0.5, 0.6) is 0 Å². The van der Waals surface area contributed by atoms with Gasteiger partial charge in [0.15, 0.2) is 0 Å². The van der Waals surface area contributed by atoms with Crippen molar-refractivity contribution in [2.24, 2.45) is 5.84 Å². The molecule has 16 heavy (non-hydrogen) atoms. The molecule has 0 saturated heterocycles. The quantitative estimate of drug-likeness (QED) is 0.317. The number of hydrogen-bond donors (Lipinski definition) is 2. The minimum atomic E-state index is 0.202. The van der Waals surface area contributed by atoms with Gasteiger partial charge in [0, 0.05) is 5.38 Å². The van der Waals surface area contributed by atoms with Crippen molar-refractivity contribution in [3.63, 3.8) is 0 Å². The van der Waals surface area contributed by atoms with Gasteiger partial charge < -0.3 is 0 Å². The Morgan fingerprint density at radius 2 is 2.38 bits per heavy atom. The number of thiazole rings is 1. The molecule has 1 unspecified atom stereocenters. The molecule has 1 rings (SSSR count). The molecule has 1 aromatic rings. The third-order valence-electron chi connectivity index (χ3n) is 2.60.